The highest BCUT2D eigenvalue weighted by Gasteiger charge is 2.13. The number of aryl methyl sites for hydroxylation is 2. The van der Waals surface area contributed by atoms with E-state index in [1.165, 1.54) is 0 Å². The van der Waals surface area contributed by atoms with E-state index in [9.17, 15) is 4.79 Å². The van der Waals surface area contributed by atoms with Crippen LogP contribution in [-0.2, 0) is 16.6 Å². The number of carbonyl (C=O) groups excluding carboxylic acids is 1. The summed E-state index contributed by atoms with van der Waals surface area (Å²) in [5, 5.41) is -0.203. The number of alkyl halides is 1. The van der Waals surface area contributed by atoms with Gasteiger partial charge in [-0.3, -0.25) is 4.79 Å². The summed E-state index contributed by atoms with van der Waals surface area (Å²) in [6.07, 6.45) is 0.902. The number of esters is 1. The van der Waals surface area contributed by atoms with Gasteiger partial charge in [-0.1, -0.05) is 6.07 Å². The molecule has 1 atom stereocenters. The lowest BCUT2D eigenvalue weighted by atomic mass is 10.1. The molecule has 0 aliphatic rings. The van der Waals surface area contributed by atoms with Crippen LogP contribution in [0.15, 0.2) is 18.2 Å². The third kappa shape index (κ3) is 3.12. The Hall–Kier alpha value is -1.55. The summed E-state index contributed by atoms with van der Waals surface area (Å²) < 4.78 is 6.95. The lowest BCUT2D eigenvalue weighted by molar-refractivity contribution is -0.143. The van der Waals surface area contributed by atoms with E-state index in [1.54, 1.807) is 6.92 Å². The molecular formula is C15H19ClN2O2. The van der Waals surface area contributed by atoms with E-state index in [0.717, 1.165) is 22.4 Å². The summed E-state index contributed by atoms with van der Waals surface area (Å²) in [5.74, 6) is 0.766. The molecule has 1 aromatic heterocycles. The lowest BCUT2D eigenvalue weighted by Gasteiger charge is -2.09. The van der Waals surface area contributed by atoms with Crippen molar-refractivity contribution in [3.05, 3.63) is 29.6 Å². The molecule has 2 rings (SSSR count). The van der Waals surface area contributed by atoms with Gasteiger partial charge in [0.25, 0.3) is 0 Å². The lowest BCUT2D eigenvalue weighted by Crippen LogP contribution is -2.05. The van der Waals surface area contributed by atoms with Crippen LogP contribution in [0.25, 0.3) is 11.0 Å². The Morgan fingerprint density at radius 3 is 2.95 bits per heavy atom. The molecule has 0 N–H and O–H groups in total. The summed E-state index contributed by atoms with van der Waals surface area (Å²) in [7, 11) is 1.99. The van der Waals surface area contributed by atoms with E-state index >= 15 is 0 Å². The van der Waals surface area contributed by atoms with Crippen molar-refractivity contribution in [1.82, 2.24) is 9.55 Å². The quantitative estimate of drug-likeness (QED) is 0.626. The third-order valence-corrected chi connectivity index (χ3v) is 3.87. The number of imidazole rings is 1. The van der Waals surface area contributed by atoms with Gasteiger partial charge in [0.15, 0.2) is 0 Å². The zero-order chi connectivity index (χ0) is 14.7. The maximum absolute atomic E-state index is 11.3. The van der Waals surface area contributed by atoms with Gasteiger partial charge in [-0.05, 0) is 38.0 Å². The highest BCUT2D eigenvalue weighted by molar-refractivity contribution is 6.21. The molecule has 1 unspecified atom stereocenters. The number of carbonyl (C=O) groups is 1. The molecule has 0 saturated carbocycles. The minimum Gasteiger partial charge on any atom is -0.466 e. The van der Waals surface area contributed by atoms with E-state index in [0.29, 0.717) is 19.4 Å². The standard InChI is InChI=1S/C15H19ClN2O2/c1-4-20-15(19)8-6-12(16)11-5-7-14-13(9-11)17-10(2)18(14)3/h5,7,9,12H,4,6,8H2,1-3H3. The molecule has 0 amide bonds. The van der Waals surface area contributed by atoms with Gasteiger partial charge >= 0.3 is 5.97 Å². The zero-order valence-electron chi connectivity index (χ0n) is 12.0. The van der Waals surface area contributed by atoms with Gasteiger partial charge in [0.1, 0.15) is 5.82 Å². The maximum atomic E-state index is 11.3. The number of ether oxygens (including phenoxy) is 1. The van der Waals surface area contributed by atoms with Crippen LogP contribution in [0.2, 0.25) is 0 Å². The first kappa shape index (κ1) is 14.9. The zero-order valence-corrected chi connectivity index (χ0v) is 12.8. The Labute approximate surface area is 123 Å². The normalized spacial score (nSPS) is 12.6. The van der Waals surface area contributed by atoms with Gasteiger partial charge < -0.3 is 9.30 Å². The van der Waals surface area contributed by atoms with Crippen LogP contribution >= 0.6 is 11.6 Å². The number of halogens is 1. The fraction of sp³-hybridized carbons (Fsp3) is 0.467. The number of hydrogen-bond donors (Lipinski definition) is 0. The second-order valence-electron chi connectivity index (χ2n) is 4.78. The van der Waals surface area contributed by atoms with Crippen LogP contribution in [0.3, 0.4) is 0 Å². The fourth-order valence-electron chi connectivity index (χ4n) is 2.18. The topological polar surface area (TPSA) is 44.1 Å². The molecule has 1 heterocycles. The van der Waals surface area contributed by atoms with Gasteiger partial charge in [-0.15, -0.1) is 11.6 Å². The largest absolute Gasteiger partial charge is 0.466 e. The smallest absolute Gasteiger partial charge is 0.305 e. The molecule has 0 aliphatic carbocycles. The van der Waals surface area contributed by atoms with Gasteiger partial charge in [-0.2, -0.15) is 0 Å². The Kier molecular flexibility index (Phi) is 4.65. The summed E-state index contributed by atoms with van der Waals surface area (Å²) in [6, 6.07) is 6.00. The van der Waals surface area contributed by atoms with Crippen molar-refractivity contribution < 1.29 is 9.53 Å². The highest BCUT2D eigenvalue weighted by atomic mass is 35.5. The van der Waals surface area contributed by atoms with E-state index in [4.69, 9.17) is 16.3 Å². The first-order valence-corrected chi connectivity index (χ1v) is 7.19. The Bertz CT molecular complexity index is 622. The number of hydrogen-bond acceptors (Lipinski definition) is 3. The fourth-order valence-corrected chi connectivity index (χ4v) is 2.42. The van der Waals surface area contributed by atoms with Crippen LogP contribution in [0, 0.1) is 6.92 Å². The van der Waals surface area contributed by atoms with Crippen molar-refractivity contribution in [3.63, 3.8) is 0 Å². The molecule has 20 heavy (non-hydrogen) atoms. The van der Waals surface area contributed by atoms with Crippen molar-refractivity contribution in [1.29, 1.82) is 0 Å². The number of rotatable bonds is 5. The third-order valence-electron chi connectivity index (χ3n) is 3.40. The second-order valence-corrected chi connectivity index (χ2v) is 5.30. The number of benzene rings is 1. The van der Waals surface area contributed by atoms with Gasteiger partial charge in [-0.25, -0.2) is 4.98 Å². The number of aromatic nitrogens is 2. The first-order valence-electron chi connectivity index (χ1n) is 6.75. The molecule has 0 saturated heterocycles. The number of fused-ring (bicyclic) bond motifs is 1. The Morgan fingerprint density at radius 1 is 1.50 bits per heavy atom. The van der Waals surface area contributed by atoms with E-state index in [2.05, 4.69) is 4.98 Å². The van der Waals surface area contributed by atoms with Crippen LogP contribution in [0.1, 0.15) is 36.5 Å². The summed E-state index contributed by atoms with van der Waals surface area (Å²) >= 11 is 6.36. The Morgan fingerprint density at radius 2 is 2.25 bits per heavy atom. The SMILES string of the molecule is CCOC(=O)CCC(Cl)c1ccc2c(c1)nc(C)n2C. The van der Waals surface area contributed by atoms with E-state index < -0.39 is 0 Å². The van der Waals surface area contributed by atoms with Crippen LogP contribution in [0.5, 0.6) is 0 Å². The molecule has 5 heteroatoms. The van der Waals surface area contributed by atoms with Crippen molar-refractivity contribution in [2.24, 2.45) is 7.05 Å². The van der Waals surface area contributed by atoms with Gasteiger partial charge in [0.05, 0.1) is 23.0 Å². The predicted octanol–water partition coefficient (Wildman–Crippen LogP) is 3.50. The summed E-state index contributed by atoms with van der Waals surface area (Å²) in [5.41, 5.74) is 3.01. The van der Waals surface area contributed by atoms with Crippen LogP contribution < -0.4 is 0 Å². The molecule has 1 aromatic carbocycles. The maximum Gasteiger partial charge on any atom is 0.305 e. The second kappa shape index (κ2) is 6.27. The molecule has 0 bridgehead atoms. The van der Waals surface area contributed by atoms with Crippen molar-refractivity contribution >= 4 is 28.6 Å². The number of nitrogens with zero attached hydrogens (tertiary/aromatic N) is 2. The molecule has 4 nitrogen and oxygen atoms in total. The molecule has 108 valence electrons. The highest BCUT2D eigenvalue weighted by Crippen LogP contribution is 2.28. The summed E-state index contributed by atoms with van der Waals surface area (Å²) in [4.78, 5) is 15.8. The molecule has 0 aliphatic heterocycles. The predicted molar refractivity (Wildman–Crippen MR) is 79.9 cm³/mol. The average molecular weight is 295 g/mol. The molecule has 0 spiro atoms. The molecule has 0 radical (unpaired) electrons. The van der Waals surface area contributed by atoms with Gasteiger partial charge in [0, 0.05) is 13.5 Å². The van der Waals surface area contributed by atoms with Crippen LogP contribution in [-0.4, -0.2) is 22.1 Å². The first-order chi connectivity index (χ1) is 9.52. The molecule has 0 fully saturated rings. The molecule has 2 aromatic rings. The monoisotopic (exact) mass is 294 g/mol. The van der Waals surface area contributed by atoms with Crippen molar-refractivity contribution in [2.75, 3.05) is 6.61 Å². The van der Waals surface area contributed by atoms with Crippen LogP contribution in [0.4, 0.5) is 0 Å². The van der Waals surface area contributed by atoms with E-state index in [-0.39, 0.29) is 11.3 Å². The molecular weight excluding hydrogens is 276 g/mol. The average Bonchev–Trinajstić information content (AvgIpc) is 2.71. The van der Waals surface area contributed by atoms with Crippen molar-refractivity contribution in [2.45, 2.75) is 32.1 Å². The van der Waals surface area contributed by atoms with E-state index in [1.807, 2.05) is 36.7 Å². The summed E-state index contributed by atoms with van der Waals surface area (Å²) in [6.45, 7) is 4.18. The Balaban J connectivity index is 2.10. The minimum absolute atomic E-state index is 0.201. The minimum atomic E-state index is -0.203. The van der Waals surface area contributed by atoms with Crippen molar-refractivity contribution in [3.8, 4) is 0 Å². The van der Waals surface area contributed by atoms with Gasteiger partial charge in [0.2, 0.25) is 0 Å².